The number of aliphatic hydroxyl groups is 5. The maximum atomic E-state index is 13.5. The number of ether oxygens (including phenoxy) is 3. The average Bonchev–Trinajstić information content (AvgIpc) is 3.62. The SMILES string of the molecule is CCC=CCC=CCC=CCC=CCC=CCCCCCCCCCCCCC(O)C(=O)NC(COC1OC(CO)C(O)C(O)C1OC(=O)CCCCCCCCCC=CCC=CCCCCC)C(O)C=CCCCCCCCCCCC. The maximum Gasteiger partial charge on any atom is 0.306 e. The molecule has 0 aromatic heterocycles. The molecular weight excluding hydrogens is 1040 g/mol. The number of aliphatic hydroxyl groups excluding tert-OH is 5. The molecule has 0 aromatic carbocycles. The number of unbranched alkanes of at least 4 members (excludes halogenated alkanes) is 29. The first-order valence-electron chi connectivity index (χ1n) is 34.0. The van der Waals surface area contributed by atoms with Gasteiger partial charge in [0.1, 0.15) is 24.4 Å². The molecule has 6 N–H and O–H groups in total. The van der Waals surface area contributed by atoms with Crippen LogP contribution in [-0.4, -0.2) is 99.6 Å². The van der Waals surface area contributed by atoms with Crippen molar-refractivity contribution in [3.8, 4) is 0 Å². The van der Waals surface area contributed by atoms with Crippen LogP contribution in [0, 0.1) is 0 Å². The number of esters is 1. The highest BCUT2D eigenvalue weighted by Crippen LogP contribution is 2.26. The Kier molecular flexibility index (Phi) is 55.1. The minimum absolute atomic E-state index is 0.111. The molecule has 0 saturated carbocycles. The van der Waals surface area contributed by atoms with E-state index in [-0.39, 0.29) is 19.4 Å². The third-order valence-corrected chi connectivity index (χ3v) is 15.5. The Morgan fingerprint density at radius 2 is 0.867 bits per heavy atom. The summed E-state index contributed by atoms with van der Waals surface area (Å²) >= 11 is 0. The van der Waals surface area contributed by atoms with Crippen molar-refractivity contribution in [3.63, 3.8) is 0 Å². The number of rotatable bonds is 57. The number of hydrogen-bond donors (Lipinski definition) is 6. The van der Waals surface area contributed by atoms with Crippen LogP contribution in [0.25, 0.3) is 0 Å². The zero-order valence-corrected chi connectivity index (χ0v) is 53.0. The summed E-state index contributed by atoms with van der Waals surface area (Å²) in [6.45, 7) is 5.65. The van der Waals surface area contributed by atoms with Gasteiger partial charge in [-0.2, -0.15) is 0 Å². The van der Waals surface area contributed by atoms with Crippen LogP contribution >= 0.6 is 0 Å². The molecule has 8 atom stereocenters. The predicted molar refractivity (Wildman–Crippen MR) is 347 cm³/mol. The van der Waals surface area contributed by atoms with Gasteiger partial charge in [0.2, 0.25) is 5.91 Å². The second-order valence-electron chi connectivity index (χ2n) is 23.2. The summed E-state index contributed by atoms with van der Waals surface area (Å²) in [6, 6.07) is -1.03. The first-order valence-corrected chi connectivity index (χ1v) is 34.0. The standard InChI is InChI=1S/C72H125NO10/c1-4-7-10-13-16-19-22-24-26-28-29-30-31-32-33-34-35-36-38-39-41-44-47-50-53-56-59-65(76)71(80)73-63(64(75)58-55-52-49-46-43-21-18-15-12-9-6-3)62-81-72-70(69(79)68(78)66(61-74)82-72)83-67(77)60-57-54-51-48-45-42-40-37-27-25-23-20-17-14-11-8-5-2/h7,10,16-17,19-20,24-27,29-30,32-33,55,58,63-66,68-70,72,74-76,78-79H,4-6,8-9,11-15,18,21-23,28,31,34-54,56-57,59-62H2,1-3H3,(H,73,80). The van der Waals surface area contributed by atoms with Crippen molar-refractivity contribution in [2.45, 2.75) is 333 Å². The van der Waals surface area contributed by atoms with E-state index in [1.54, 1.807) is 6.08 Å². The molecule has 1 saturated heterocycles. The lowest BCUT2D eigenvalue weighted by atomic mass is 9.99. The number of allylic oxidation sites excluding steroid dienone is 15. The topological polar surface area (TPSA) is 175 Å². The van der Waals surface area contributed by atoms with Crippen molar-refractivity contribution >= 4 is 11.9 Å². The van der Waals surface area contributed by atoms with Gasteiger partial charge >= 0.3 is 5.97 Å². The minimum Gasteiger partial charge on any atom is -0.454 e. The Labute approximate surface area is 507 Å². The molecule has 478 valence electrons. The molecule has 0 aliphatic carbocycles. The summed E-state index contributed by atoms with van der Waals surface area (Å²) in [5.41, 5.74) is 0. The Bertz CT molecular complexity index is 1720. The molecule has 0 bridgehead atoms. The van der Waals surface area contributed by atoms with Crippen molar-refractivity contribution < 1.29 is 49.3 Å². The molecule has 1 amide bonds. The zero-order valence-electron chi connectivity index (χ0n) is 53.0. The highest BCUT2D eigenvalue weighted by molar-refractivity contribution is 5.80. The van der Waals surface area contributed by atoms with Gasteiger partial charge in [-0.25, -0.2) is 0 Å². The van der Waals surface area contributed by atoms with Gasteiger partial charge < -0.3 is 45.1 Å². The quantitative estimate of drug-likeness (QED) is 0.0195. The second kappa shape index (κ2) is 58.9. The van der Waals surface area contributed by atoms with Crippen molar-refractivity contribution in [1.82, 2.24) is 5.32 Å². The third-order valence-electron chi connectivity index (χ3n) is 15.5. The summed E-state index contributed by atoms with van der Waals surface area (Å²) in [6.07, 6.45) is 68.7. The van der Waals surface area contributed by atoms with Crippen LogP contribution in [0.5, 0.6) is 0 Å². The Morgan fingerprint density at radius 3 is 1.33 bits per heavy atom. The third kappa shape index (κ3) is 46.5. The van der Waals surface area contributed by atoms with Crippen molar-refractivity contribution in [3.05, 3.63) is 97.2 Å². The molecular formula is C72H125NO10. The van der Waals surface area contributed by atoms with Crippen molar-refractivity contribution in [2.24, 2.45) is 0 Å². The van der Waals surface area contributed by atoms with Gasteiger partial charge in [-0.15, -0.1) is 0 Å². The number of hydrogen-bond acceptors (Lipinski definition) is 10. The van der Waals surface area contributed by atoms with E-state index in [9.17, 15) is 35.1 Å². The van der Waals surface area contributed by atoms with Crippen LogP contribution < -0.4 is 5.32 Å². The van der Waals surface area contributed by atoms with Gasteiger partial charge in [-0.3, -0.25) is 9.59 Å². The highest BCUT2D eigenvalue weighted by atomic mass is 16.7. The molecule has 1 aliphatic heterocycles. The van der Waals surface area contributed by atoms with E-state index in [4.69, 9.17) is 14.2 Å². The fourth-order valence-corrected chi connectivity index (χ4v) is 10.1. The summed E-state index contributed by atoms with van der Waals surface area (Å²) < 4.78 is 17.6. The van der Waals surface area contributed by atoms with Crippen LogP contribution in [0.4, 0.5) is 0 Å². The molecule has 0 radical (unpaired) electrons. The fraction of sp³-hybridized carbons (Fsp3) is 0.750. The lowest BCUT2D eigenvalue weighted by molar-refractivity contribution is -0.305. The molecule has 1 heterocycles. The van der Waals surface area contributed by atoms with E-state index >= 15 is 0 Å². The van der Waals surface area contributed by atoms with Gasteiger partial charge in [0.05, 0.1) is 25.4 Å². The molecule has 83 heavy (non-hydrogen) atoms. The first kappa shape index (κ1) is 77.6. The molecule has 1 aliphatic rings. The number of carbonyl (C=O) groups excluding carboxylic acids is 2. The Balaban J connectivity index is 2.58. The van der Waals surface area contributed by atoms with Crippen molar-refractivity contribution in [2.75, 3.05) is 13.2 Å². The summed E-state index contributed by atoms with van der Waals surface area (Å²) in [7, 11) is 0. The van der Waals surface area contributed by atoms with Gasteiger partial charge in [0.15, 0.2) is 12.4 Å². The molecule has 1 rings (SSSR count). The van der Waals surface area contributed by atoms with E-state index in [0.29, 0.717) is 12.8 Å². The maximum absolute atomic E-state index is 13.5. The lowest BCUT2D eigenvalue weighted by Gasteiger charge is -2.41. The number of nitrogens with one attached hydrogen (secondary N) is 1. The minimum atomic E-state index is -1.62. The number of amides is 1. The Hall–Kier alpha value is -3.42. The molecule has 0 aromatic rings. The molecule has 0 spiro atoms. The second-order valence-corrected chi connectivity index (χ2v) is 23.2. The van der Waals surface area contributed by atoms with Crippen LogP contribution in [-0.2, 0) is 23.8 Å². The lowest BCUT2D eigenvalue weighted by Crippen LogP contribution is -2.61. The Morgan fingerprint density at radius 1 is 0.482 bits per heavy atom. The highest BCUT2D eigenvalue weighted by Gasteiger charge is 2.47. The van der Waals surface area contributed by atoms with Crippen molar-refractivity contribution in [1.29, 1.82) is 0 Å². The van der Waals surface area contributed by atoms with Crippen LogP contribution in [0.1, 0.15) is 284 Å². The smallest absolute Gasteiger partial charge is 0.306 e. The van der Waals surface area contributed by atoms with E-state index in [1.165, 1.54) is 122 Å². The largest absolute Gasteiger partial charge is 0.454 e. The van der Waals surface area contributed by atoms with Gasteiger partial charge in [0, 0.05) is 6.42 Å². The molecule has 1 fully saturated rings. The van der Waals surface area contributed by atoms with Crippen LogP contribution in [0.2, 0.25) is 0 Å². The number of carbonyl (C=O) groups is 2. The molecule has 11 nitrogen and oxygen atoms in total. The average molecular weight is 1160 g/mol. The van der Waals surface area contributed by atoms with Gasteiger partial charge in [0.25, 0.3) is 0 Å². The summed E-state index contributed by atoms with van der Waals surface area (Å²) in [4.78, 5) is 26.6. The molecule has 11 heteroatoms. The first-order chi connectivity index (χ1) is 40.7. The fourth-order valence-electron chi connectivity index (χ4n) is 10.1. The van der Waals surface area contributed by atoms with Crippen LogP contribution in [0.15, 0.2) is 97.2 Å². The van der Waals surface area contributed by atoms with E-state index < -0.39 is 67.4 Å². The summed E-state index contributed by atoms with van der Waals surface area (Å²) in [5, 5.41) is 57.1. The van der Waals surface area contributed by atoms with Crippen LogP contribution in [0.3, 0.4) is 0 Å². The molecule has 8 unspecified atom stereocenters. The predicted octanol–water partition coefficient (Wildman–Crippen LogP) is 17.1. The van der Waals surface area contributed by atoms with E-state index in [0.717, 1.165) is 116 Å². The van der Waals surface area contributed by atoms with E-state index in [2.05, 4.69) is 111 Å². The van der Waals surface area contributed by atoms with Gasteiger partial charge in [-0.05, 0) is 103 Å². The normalized spacial score (nSPS) is 19.2. The van der Waals surface area contributed by atoms with E-state index in [1.807, 2.05) is 6.08 Å². The van der Waals surface area contributed by atoms with Gasteiger partial charge in [-0.1, -0.05) is 272 Å². The zero-order chi connectivity index (χ0) is 60.3. The monoisotopic (exact) mass is 1160 g/mol. The summed E-state index contributed by atoms with van der Waals surface area (Å²) in [5.74, 6) is -1.21.